The Labute approximate surface area is 142 Å². The molecular formula is C16H17ClN2OS2. The van der Waals surface area contributed by atoms with E-state index < -0.39 is 0 Å². The van der Waals surface area contributed by atoms with Crippen LogP contribution in [0, 0.1) is 5.92 Å². The van der Waals surface area contributed by atoms with Crippen LogP contribution in [0.1, 0.15) is 23.0 Å². The molecule has 0 aromatic carbocycles. The number of thiophene rings is 2. The zero-order chi connectivity index (χ0) is 15.3. The van der Waals surface area contributed by atoms with Crippen LogP contribution in [0.5, 0.6) is 0 Å². The number of hydrogen-bond acceptors (Lipinski definition) is 4. The Hall–Kier alpha value is -0.880. The molecule has 2 bridgehead atoms. The Morgan fingerprint density at radius 3 is 2.68 bits per heavy atom. The van der Waals surface area contributed by atoms with Crippen LogP contribution in [0.3, 0.4) is 0 Å². The van der Waals surface area contributed by atoms with Gasteiger partial charge in [-0.05, 0) is 50.1 Å². The molecule has 4 rings (SSSR count). The summed E-state index contributed by atoms with van der Waals surface area (Å²) in [6.07, 6.45) is 1.20. The van der Waals surface area contributed by atoms with Gasteiger partial charge in [0.15, 0.2) is 0 Å². The lowest BCUT2D eigenvalue weighted by Gasteiger charge is -2.22. The van der Waals surface area contributed by atoms with E-state index >= 15 is 0 Å². The zero-order valence-electron chi connectivity index (χ0n) is 12.2. The van der Waals surface area contributed by atoms with Gasteiger partial charge in [-0.1, -0.05) is 11.6 Å². The lowest BCUT2D eigenvalue weighted by molar-refractivity contribution is 0.0928. The van der Waals surface area contributed by atoms with E-state index in [2.05, 4.69) is 17.1 Å². The van der Waals surface area contributed by atoms with Crippen LogP contribution in [-0.4, -0.2) is 36.0 Å². The predicted octanol–water partition coefficient (Wildman–Crippen LogP) is 3.95. The standard InChI is InChI=1S/C16H17ClN2OS2/c1-9-10-6-7-19(9)8-11(10)18-16(20)14-3-2-12(21-14)13-4-5-15(17)22-13/h2-5,9-11H,6-8H2,1H3,(H,18,20)/t9-,10+,11+/m1/s1. The van der Waals surface area contributed by atoms with Gasteiger partial charge in [-0.2, -0.15) is 0 Å². The second kappa shape index (κ2) is 5.64. The maximum atomic E-state index is 12.5. The number of hydrogen-bond donors (Lipinski definition) is 1. The maximum Gasteiger partial charge on any atom is 0.261 e. The van der Waals surface area contributed by atoms with Crippen LogP contribution in [0.25, 0.3) is 9.75 Å². The normalized spacial score (nSPS) is 29.9. The van der Waals surface area contributed by atoms with Crippen molar-refractivity contribution in [1.29, 1.82) is 0 Å². The molecule has 116 valence electrons. The third kappa shape index (κ3) is 2.50. The van der Waals surface area contributed by atoms with Gasteiger partial charge in [-0.15, -0.1) is 22.7 Å². The first-order chi connectivity index (χ1) is 10.6. The van der Waals surface area contributed by atoms with Crippen molar-refractivity contribution < 1.29 is 4.79 Å². The molecule has 0 saturated carbocycles. The van der Waals surface area contributed by atoms with Crippen molar-refractivity contribution in [3.8, 4) is 9.75 Å². The van der Waals surface area contributed by atoms with E-state index in [1.54, 1.807) is 11.3 Å². The molecule has 1 N–H and O–H groups in total. The third-order valence-electron chi connectivity index (χ3n) is 4.86. The highest BCUT2D eigenvalue weighted by Crippen LogP contribution is 2.37. The van der Waals surface area contributed by atoms with Crippen molar-refractivity contribution in [2.75, 3.05) is 13.1 Å². The average Bonchev–Trinajstić information content (AvgIpc) is 3.24. The molecule has 2 saturated heterocycles. The molecule has 2 fully saturated rings. The minimum atomic E-state index is 0.0600. The number of carbonyl (C=O) groups is 1. The minimum absolute atomic E-state index is 0.0600. The summed E-state index contributed by atoms with van der Waals surface area (Å²) in [6, 6.07) is 8.74. The van der Waals surface area contributed by atoms with E-state index in [-0.39, 0.29) is 5.91 Å². The van der Waals surface area contributed by atoms with Gasteiger partial charge in [0.1, 0.15) is 0 Å². The second-order valence-electron chi connectivity index (χ2n) is 6.04. The Morgan fingerprint density at radius 1 is 1.27 bits per heavy atom. The van der Waals surface area contributed by atoms with Gasteiger partial charge in [0, 0.05) is 28.4 Å². The van der Waals surface area contributed by atoms with Crippen LogP contribution < -0.4 is 5.32 Å². The lowest BCUT2D eigenvalue weighted by Crippen LogP contribution is -2.42. The Kier molecular flexibility index (Phi) is 3.77. The van der Waals surface area contributed by atoms with Gasteiger partial charge in [0.2, 0.25) is 0 Å². The second-order valence-corrected chi connectivity index (χ2v) is 8.83. The van der Waals surface area contributed by atoms with Crippen molar-refractivity contribution >= 4 is 40.2 Å². The van der Waals surface area contributed by atoms with Crippen molar-refractivity contribution in [3.05, 3.63) is 33.5 Å². The molecule has 2 aliphatic rings. The molecule has 2 aliphatic heterocycles. The van der Waals surface area contributed by atoms with Crippen molar-refractivity contribution in [2.24, 2.45) is 5.92 Å². The lowest BCUT2D eigenvalue weighted by atomic mass is 9.95. The number of halogens is 1. The van der Waals surface area contributed by atoms with E-state index in [1.165, 1.54) is 24.3 Å². The highest BCUT2D eigenvalue weighted by atomic mass is 35.5. The number of fused-ring (bicyclic) bond motifs is 2. The van der Waals surface area contributed by atoms with Crippen LogP contribution in [-0.2, 0) is 0 Å². The molecule has 2 aromatic rings. The fourth-order valence-electron chi connectivity index (χ4n) is 3.64. The van der Waals surface area contributed by atoms with Gasteiger partial charge >= 0.3 is 0 Å². The minimum Gasteiger partial charge on any atom is -0.347 e. The van der Waals surface area contributed by atoms with E-state index in [4.69, 9.17) is 11.6 Å². The van der Waals surface area contributed by atoms with Gasteiger partial charge in [-0.3, -0.25) is 9.69 Å². The number of nitrogens with one attached hydrogen (secondary N) is 1. The summed E-state index contributed by atoms with van der Waals surface area (Å²) < 4.78 is 0.777. The molecular weight excluding hydrogens is 336 g/mol. The van der Waals surface area contributed by atoms with E-state index in [0.29, 0.717) is 18.0 Å². The monoisotopic (exact) mass is 352 g/mol. The number of carbonyl (C=O) groups excluding carboxylic acids is 1. The van der Waals surface area contributed by atoms with Crippen LogP contribution in [0.2, 0.25) is 4.34 Å². The predicted molar refractivity (Wildman–Crippen MR) is 93.0 cm³/mol. The fourth-order valence-corrected chi connectivity index (χ4v) is 5.69. The van der Waals surface area contributed by atoms with Crippen LogP contribution in [0.15, 0.2) is 24.3 Å². The Morgan fingerprint density at radius 2 is 2.05 bits per heavy atom. The molecule has 0 radical (unpaired) electrons. The quantitative estimate of drug-likeness (QED) is 0.907. The summed E-state index contributed by atoms with van der Waals surface area (Å²) in [5.74, 6) is 0.671. The molecule has 4 atom stereocenters. The van der Waals surface area contributed by atoms with Crippen molar-refractivity contribution in [3.63, 3.8) is 0 Å². The SMILES string of the molecule is C[C@@H]1[C@@H]2CCN1C[C@@H]2NC(=O)c1ccc(-c2ccc(Cl)s2)s1. The van der Waals surface area contributed by atoms with Gasteiger partial charge in [-0.25, -0.2) is 0 Å². The Balaban J connectivity index is 1.46. The number of piperidine rings is 1. The first-order valence-electron chi connectivity index (χ1n) is 7.52. The summed E-state index contributed by atoms with van der Waals surface area (Å²) in [5, 5.41) is 3.23. The van der Waals surface area contributed by atoms with Crippen LogP contribution in [0.4, 0.5) is 0 Å². The van der Waals surface area contributed by atoms with Gasteiger partial charge in [0.05, 0.1) is 9.21 Å². The molecule has 0 aliphatic carbocycles. The van der Waals surface area contributed by atoms with E-state index in [1.807, 2.05) is 24.3 Å². The summed E-state index contributed by atoms with van der Waals surface area (Å²) >= 11 is 9.07. The molecule has 4 heterocycles. The third-order valence-corrected chi connectivity index (χ3v) is 7.37. The Bertz CT molecular complexity index is 711. The highest BCUT2D eigenvalue weighted by Gasteiger charge is 2.44. The smallest absolute Gasteiger partial charge is 0.261 e. The molecule has 0 spiro atoms. The summed E-state index contributed by atoms with van der Waals surface area (Å²) in [4.78, 5) is 18.0. The van der Waals surface area contributed by atoms with Gasteiger partial charge in [0.25, 0.3) is 5.91 Å². The zero-order valence-corrected chi connectivity index (χ0v) is 14.6. The topological polar surface area (TPSA) is 32.3 Å². The first-order valence-corrected chi connectivity index (χ1v) is 9.53. The number of amides is 1. The fraction of sp³-hybridized carbons (Fsp3) is 0.438. The van der Waals surface area contributed by atoms with E-state index in [0.717, 1.165) is 25.5 Å². The molecule has 3 nitrogen and oxygen atoms in total. The molecule has 1 unspecified atom stereocenters. The molecule has 6 heteroatoms. The molecule has 1 amide bonds. The summed E-state index contributed by atoms with van der Waals surface area (Å²) in [6.45, 7) is 4.45. The number of nitrogens with zero attached hydrogens (tertiary/aromatic N) is 1. The van der Waals surface area contributed by atoms with Crippen molar-refractivity contribution in [1.82, 2.24) is 10.2 Å². The van der Waals surface area contributed by atoms with Crippen molar-refractivity contribution in [2.45, 2.75) is 25.4 Å². The maximum absolute atomic E-state index is 12.5. The summed E-state index contributed by atoms with van der Waals surface area (Å²) in [7, 11) is 0. The summed E-state index contributed by atoms with van der Waals surface area (Å²) in [5.41, 5.74) is 0. The largest absolute Gasteiger partial charge is 0.347 e. The van der Waals surface area contributed by atoms with E-state index in [9.17, 15) is 4.79 Å². The molecule has 2 aromatic heterocycles. The average molecular weight is 353 g/mol. The number of rotatable bonds is 3. The first kappa shape index (κ1) is 14.7. The van der Waals surface area contributed by atoms with Gasteiger partial charge < -0.3 is 5.32 Å². The molecule has 22 heavy (non-hydrogen) atoms. The van der Waals surface area contributed by atoms with Crippen LogP contribution >= 0.6 is 34.3 Å². The highest BCUT2D eigenvalue weighted by molar-refractivity contribution is 7.24.